The second-order valence-electron chi connectivity index (χ2n) is 5.10. The fraction of sp³-hybridized carbons (Fsp3) is 0.235. The average Bonchev–Trinajstić information content (AvgIpc) is 3.05. The fourth-order valence-electron chi connectivity index (χ4n) is 2.55. The molecule has 23 heavy (non-hydrogen) atoms. The Hall–Kier alpha value is -2.21. The van der Waals surface area contributed by atoms with E-state index < -0.39 is 0 Å². The van der Waals surface area contributed by atoms with Crippen LogP contribution in [-0.2, 0) is 0 Å². The van der Waals surface area contributed by atoms with Crippen LogP contribution in [-0.4, -0.2) is 30.3 Å². The van der Waals surface area contributed by atoms with Crippen molar-refractivity contribution in [2.75, 3.05) is 24.7 Å². The first-order valence-corrected chi connectivity index (χ1v) is 8.31. The maximum atomic E-state index is 13.4. The number of amides is 2. The SMILES string of the molecule is COc1ccccc1NC(=O)N1CCS[C@H]1c1cccc(F)c1. The van der Waals surface area contributed by atoms with Gasteiger partial charge >= 0.3 is 6.03 Å². The van der Waals surface area contributed by atoms with Crippen molar-refractivity contribution in [3.05, 3.63) is 59.9 Å². The highest BCUT2D eigenvalue weighted by Crippen LogP contribution is 2.38. The van der Waals surface area contributed by atoms with Crippen LogP contribution < -0.4 is 10.1 Å². The summed E-state index contributed by atoms with van der Waals surface area (Å²) in [6.07, 6.45) is 0. The number of rotatable bonds is 3. The number of halogens is 1. The normalized spacial score (nSPS) is 17.1. The van der Waals surface area contributed by atoms with Crippen LogP contribution in [0.25, 0.3) is 0 Å². The molecule has 1 aliphatic rings. The topological polar surface area (TPSA) is 41.6 Å². The van der Waals surface area contributed by atoms with Crippen molar-refractivity contribution in [2.45, 2.75) is 5.37 Å². The first kappa shape index (κ1) is 15.7. The largest absolute Gasteiger partial charge is 0.495 e. The van der Waals surface area contributed by atoms with Crippen molar-refractivity contribution in [2.24, 2.45) is 0 Å². The van der Waals surface area contributed by atoms with Crippen molar-refractivity contribution in [1.29, 1.82) is 0 Å². The van der Waals surface area contributed by atoms with Crippen LogP contribution in [0.3, 0.4) is 0 Å². The number of ether oxygens (including phenoxy) is 1. The van der Waals surface area contributed by atoms with Crippen molar-refractivity contribution in [3.8, 4) is 5.75 Å². The molecule has 0 saturated carbocycles. The minimum atomic E-state index is -0.292. The lowest BCUT2D eigenvalue weighted by molar-refractivity contribution is 0.214. The van der Waals surface area contributed by atoms with E-state index in [9.17, 15) is 9.18 Å². The monoisotopic (exact) mass is 332 g/mol. The van der Waals surface area contributed by atoms with Crippen molar-refractivity contribution >= 4 is 23.5 Å². The van der Waals surface area contributed by atoms with Gasteiger partial charge in [0.25, 0.3) is 0 Å². The second-order valence-corrected chi connectivity index (χ2v) is 6.29. The number of carbonyl (C=O) groups excluding carboxylic acids is 1. The molecule has 1 aliphatic heterocycles. The Morgan fingerprint density at radius 3 is 2.91 bits per heavy atom. The van der Waals surface area contributed by atoms with E-state index in [0.29, 0.717) is 18.0 Å². The van der Waals surface area contributed by atoms with Crippen molar-refractivity contribution in [3.63, 3.8) is 0 Å². The predicted molar refractivity (Wildman–Crippen MR) is 90.3 cm³/mol. The molecule has 1 atom stereocenters. The first-order valence-electron chi connectivity index (χ1n) is 7.27. The van der Waals surface area contributed by atoms with Gasteiger partial charge in [0, 0.05) is 12.3 Å². The molecule has 120 valence electrons. The molecule has 4 nitrogen and oxygen atoms in total. The maximum absolute atomic E-state index is 13.4. The Balaban J connectivity index is 1.78. The molecule has 3 rings (SSSR count). The minimum absolute atomic E-state index is 0.180. The molecule has 0 bridgehead atoms. The second kappa shape index (κ2) is 6.91. The summed E-state index contributed by atoms with van der Waals surface area (Å²) in [4.78, 5) is 14.3. The molecular formula is C17H17FN2O2S. The number of urea groups is 1. The molecule has 2 aromatic rings. The number of hydrogen-bond acceptors (Lipinski definition) is 3. The number of thioether (sulfide) groups is 1. The minimum Gasteiger partial charge on any atom is -0.495 e. The standard InChI is InChI=1S/C17H17FN2O2S/c1-22-15-8-3-2-7-14(15)19-17(21)20-9-10-23-16(20)12-5-4-6-13(18)11-12/h2-8,11,16H,9-10H2,1H3,(H,19,21)/t16-/m0/s1. The Bertz CT molecular complexity index is 710. The summed E-state index contributed by atoms with van der Waals surface area (Å²) in [5.41, 5.74) is 1.41. The van der Waals surface area contributed by atoms with E-state index in [2.05, 4.69) is 5.32 Å². The zero-order valence-corrected chi connectivity index (χ0v) is 13.5. The predicted octanol–water partition coefficient (Wildman–Crippen LogP) is 4.11. The first-order chi connectivity index (χ1) is 11.2. The van der Waals surface area contributed by atoms with Gasteiger partial charge in [-0.05, 0) is 29.8 Å². The van der Waals surface area contributed by atoms with Gasteiger partial charge in [0.05, 0.1) is 12.8 Å². The molecular weight excluding hydrogens is 315 g/mol. The molecule has 0 aliphatic carbocycles. The number of benzene rings is 2. The van der Waals surface area contributed by atoms with Gasteiger partial charge in [-0.15, -0.1) is 11.8 Å². The quantitative estimate of drug-likeness (QED) is 0.919. The summed E-state index contributed by atoms with van der Waals surface area (Å²) in [6, 6.07) is 13.4. The van der Waals surface area contributed by atoms with E-state index in [1.54, 1.807) is 42.0 Å². The summed E-state index contributed by atoms with van der Waals surface area (Å²) >= 11 is 1.63. The van der Waals surface area contributed by atoms with E-state index in [0.717, 1.165) is 11.3 Å². The van der Waals surface area contributed by atoms with Crippen LogP contribution in [0.1, 0.15) is 10.9 Å². The molecule has 0 radical (unpaired) electrons. The Morgan fingerprint density at radius 2 is 2.13 bits per heavy atom. The summed E-state index contributed by atoms with van der Waals surface area (Å²) in [7, 11) is 1.56. The zero-order valence-electron chi connectivity index (χ0n) is 12.7. The van der Waals surface area contributed by atoms with Gasteiger partial charge in [0.15, 0.2) is 0 Å². The summed E-state index contributed by atoms with van der Waals surface area (Å²) in [5.74, 6) is 1.13. The summed E-state index contributed by atoms with van der Waals surface area (Å²) < 4.78 is 18.7. The number of hydrogen-bond donors (Lipinski definition) is 1. The van der Waals surface area contributed by atoms with Crippen LogP contribution in [0.5, 0.6) is 5.75 Å². The third-order valence-electron chi connectivity index (χ3n) is 3.63. The number of nitrogens with zero attached hydrogens (tertiary/aromatic N) is 1. The van der Waals surface area contributed by atoms with Crippen LogP contribution in [0, 0.1) is 5.82 Å². The third-order valence-corrected chi connectivity index (χ3v) is 4.89. The van der Waals surface area contributed by atoms with Gasteiger partial charge in [-0.25, -0.2) is 9.18 Å². The highest BCUT2D eigenvalue weighted by atomic mass is 32.2. The highest BCUT2D eigenvalue weighted by Gasteiger charge is 2.31. The number of carbonyl (C=O) groups is 1. The van der Waals surface area contributed by atoms with Gasteiger partial charge in [0.1, 0.15) is 16.9 Å². The molecule has 1 fully saturated rings. The van der Waals surface area contributed by atoms with Gasteiger partial charge in [-0.1, -0.05) is 24.3 Å². The molecule has 1 N–H and O–H groups in total. The number of methoxy groups -OCH3 is 1. The molecule has 2 amide bonds. The van der Waals surface area contributed by atoms with Gasteiger partial charge in [0.2, 0.25) is 0 Å². The van der Waals surface area contributed by atoms with E-state index in [1.807, 2.05) is 18.2 Å². The number of anilines is 1. The third kappa shape index (κ3) is 3.42. The zero-order chi connectivity index (χ0) is 16.2. The number of nitrogens with one attached hydrogen (secondary N) is 1. The Labute approximate surface area is 138 Å². The van der Waals surface area contributed by atoms with E-state index >= 15 is 0 Å². The maximum Gasteiger partial charge on any atom is 0.323 e. The molecule has 0 unspecified atom stereocenters. The fourth-order valence-corrected chi connectivity index (χ4v) is 3.79. The Morgan fingerprint density at radius 1 is 1.30 bits per heavy atom. The lowest BCUT2D eigenvalue weighted by Crippen LogP contribution is -2.34. The summed E-state index contributed by atoms with van der Waals surface area (Å²) in [6.45, 7) is 0.618. The van der Waals surface area contributed by atoms with Crippen LogP contribution in [0.15, 0.2) is 48.5 Å². The molecule has 6 heteroatoms. The van der Waals surface area contributed by atoms with Crippen molar-refractivity contribution in [1.82, 2.24) is 4.90 Å². The van der Waals surface area contributed by atoms with Crippen LogP contribution in [0.2, 0.25) is 0 Å². The van der Waals surface area contributed by atoms with E-state index in [1.165, 1.54) is 12.1 Å². The lowest BCUT2D eigenvalue weighted by atomic mass is 10.2. The molecule has 0 aromatic heterocycles. The average molecular weight is 332 g/mol. The van der Waals surface area contributed by atoms with Gasteiger partial charge in [-0.2, -0.15) is 0 Å². The van der Waals surface area contributed by atoms with Crippen molar-refractivity contribution < 1.29 is 13.9 Å². The summed E-state index contributed by atoms with van der Waals surface area (Å²) in [5, 5.41) is 2.69. The smallest absolute Gasteiger partial charge is 0.323 e. The molecule has 0 spiro atoms. The number of para-hydroxylation sites is 2. The molecule has 1 saturated heterocycles. The van der Waals surface area contributed by atoms with E-state index in [-0.39, 0.29) is 17.2 Å². The van der Waals surface area contributed by atoms with Gasteiger partial charge < -0.3 is 15.0 Å². The molecule has 1 heterocycles. The lowest BCUT2D eigenvalue weighted by Gasteiger charge is -2.24. The molecule has 2 aromatic carbocycles. The van der Waals surface area contributed by atoms with E-state index in [4.69, 9.17) is 4.74 Å². The Kier molecular flexibility index (Phi) is 4.71. The van der Waals surface area contributed by atoms with Gasteiger partial charge in [-0.3, -0.25) is 0 Å². The van der Waals surface area contributed by atoms with Crippen LogP contribution in [0.4, 0.5) is 14.9 Å². The van der Waals surface area contributed by atoms with Crippen LogP contribution >= 0.6 is 11.8 Å². The highest BCUT2D eigenvalue weighted by molar-refractivity contribution is 7.99.